The van der Waals surface area contributed by atoms with Crippen LogP contribution in [0.4, 0.5) is 5.69 Å². The Labute approximate surface area is 163 Å². The van der Waals surface area contributed by atoms with Gasteiger partial charge >= 0.3 is 0 Å². The summed E-state index contributed by atoms with van der Waals surface area (Å²) in [4.78, 5) is 31.8. The van der Waals surface area contributed by atoms with Gasteiger partial charge in [0.05, 0.1) is 5.52 Å². The Morgan fingerprint density at radius 3 is 2.67 bits per heavy atom. The van der Waals surface area contributed by atoms with Crippen molar-refractivity contribution >= 4 is 38.4 Å². The topological polar surface area (TPSA) is 74.8 Å². The van der Waals surface area contributed by atoms with Crippen LogP contribution in [0.1, 0.15) is 10.4 Å². The molecule has 0 aliphatic carbocycles. The van der Waals surface area contributed by atoms with E-state index in [0.717, 1.165) is 20.9 Å². The number of aromatic nitrogens is 2. The number of hydrogen-bond donors (Lipinski definition) is 2. The van der Waals surface area contributed by atoms with E-state index in [1.807, 2.05) is 18.2 Å². The number of amides is 1. The van der Waals surface area contributed by atoms with Gasteiger partial charge in [-0.2, -0.15) is 0 Å². The normalized spacial score (nSPS) is 10.7. The Bertz CT molecular complexity index is 1200. The summed E-state index contributed by atoms with van der Waals surface area (Å²) in [5.74, 6) is -0.212. The second-order valence-corrected chi connectivity index (χ2v) is 6.93. The zero-order chi connectivity index (χ0) is 18.8. The summed E-state index contributed by atoms with van der Waals surface area (Å²) in [6.07, 6.45) is 3.34. The molecule has 0 spiro atoms. The van der Waals surface area contributed by atoms with Gasteiger partial charge in [-0.15, -0.1) is 0 Å². The quantitative estimate of drug-likeness (QED) is 0.509. The Morgan fingerprint density at radius 1 is 1.04 bits per heavy atom. The highest BCUT2D eigenvalue weighted by atomic mass is 79.9. The van der Waals surface area contributed by atoms with Crippen LogP contribution in [0.5, 0.6) is 0 Å². The Morgan fingerprint density at radius 2 is 1.85 bits per heavy atom. The van der Waals surface area contributed by atoms with Gasteiger partial charge in [0.2, 0.25) is 0 Å². The maximum atomic E-state index is 12.5. The molecule has 27 heavy (non-hydrogen) atoms. The van der Waals surface area contributed by atoms with Crippen LogP contribution in [0.25, 0.3) is 22.0 Å². The van der Waals surface area contributed by atoms with E-state index in [4.69, 9.17) is 0 Å². The van der Waals surface area contributed by atoms with Gasteiger partial charge in [0.25, 0.3) is 11.5 Å². The van der Waals surface area contributed by atoms with Crippen molar-refractivity contribution in [3.63, 3.8) is 0 Å². The second kappa shape index (κ2) is 7.17. The molecule has 4 rings (SSSR count). The fourth-order valence-electron chi connectivity index (χ4n) is 2.83. The number of rotatable bonds is 3. The van der Waals surface area contributed by atoms with E-state index < -0.39 is 0 Å². The second-order valence-electron chi connectivity index (χ2n) is 6.02. The lowest BCUT2D eigenvalue weighted by Gasteiger charge is -2.08. The molecule has 4 aromatic rings. The maximum absolute atomic E-state index is 12.5. The molecule has 0 saturated carbocycles. The third-order valence-electron chi connectivity index (χ3n) is 4.18. The van der Waals surface area contributed by atoms with Crippen molar-refractivity contribution in [2.24, 2.45) is 0 Å². The zero-order valence-electron chi connectivity index (χ0n) is 14.1. The standard InChI is InChI=1S/C21H14BrN3O2/c22-16-6-4-13(5-7-16)20(26)24-17-3-1-2-14(10-17)18-11-15-12-23-9-8-19(15)25-21(18)27/h1-12H,(H,24,26)(H,25,27). The van der Waals surface area contributed by atoms with Crippen molar-refractivity contribution < 1.29 is 4.79 Å². The van der Waals surface area contributed by atoms with Crippen LogP contribution < -0.4 is 10.9 Å². The van der Waals surface area contributed by atoms with Crippen LogP contribution in [-0.4, -0.2) is 15.9 Å². The number of nitrogens with zero attached hydrogens (tertiary/aromatic N) is 1. The van der Waals surface area contributed by atoms with Crippen LogP contribution in [0.2, 0.25) is 0 Å². The number of H-pyrrole nitrogens is 1. The van der Waals surface area contributed by atoms with Crippen LogP contribution in [0.15, 0.2) is 82.3 Å². The van der Waals surface area contributed by atoms with Crippen molar-refractivity contribution in [1.82, 2.24) is 9.97 Å². The van der Waals surface area contributed by atoms with Gasteiger partial charge in [0.1, 0.15) is 0 Å². The molecule has 0 bridgehead atoms. The Kier molecular flexibility index (Phi) is 4.56. The fourth-order valence-corrected chi connectivity index (χ4v) is 3.09. The average Bonchev–Trinajstić information content (AvgIpc) is 2.68. The molecule has 6 heteroatoms. The lowest BCUT2D eigenvalue weighted by atomic mass is 10.0. The first-order valence-corrected chi connectivity index (χ1v) is 9.04. The SMILES string of the molecule is O=C(Nc1cccc(-c2cc3cnccc3[nH]c2=O)c1)c1ccc(Br)cc1. The zero-order valence-corrected chi connectivity index (χ0v) is 15.7. The smallest absolute Gasteiger partial charge is 0.256 e. The minimum Gasteiger partial charge on any atom is -0.322 e. The first-order valence-electron chi connectivity index (χ1n) is 8.24. The molecule has 0 saturated heterocycles. The average molecular weight is 420 g/mol. The summed E-state index contributed by atoms with van der Waals surface area (Å²) in [6, 6.07) is 17.9. The number of pyridine rings is 2. The maximum Gasteiger partial charge on any atom is 0.256 e. The van der Waals surface area contributed by atoms with Crippen molar-refractivity contribution in [2.45, 2.75) is 0 Å². The third kappa shape index (κ3) is 3.66. The summed E-state index contributed by atoms with van der Waals surface area (Å²) >= 11 is 3.35. The van der Waals surface area contributed by atoms with E-state index in [1.165, 1.54) is 0 Å². The molecule has 0 aliphatic heterocycles. The molecule has 5 nitrogen and oxygen atoms in total. The van der Waals surface area contributed by atoms with Crippen LogP contribution in [-0.2, 0) is 0 Å². The number of anilines is 1. The van der Waals surface area contributed by atoms with Gasteiger partial charge in [-0.05, 0) is 54.1 Å². The number of hydrogen-bond acceptors (Lipinski definition) is 3. The summed E-state index contributed by atoms with van der Waals surface area (Å²) in [6.45, 7) is 0. The highest BCUT2D eigenvalue weighted by Crippen LogP contribution is 2.22. The molecule has 0 radical (unpaired) electrons. The van der Waals surface area contributed by atoms with Gasteiger partial charge in [0.15, 0.2) is 0 Å². The van der Waals surface area contributed by atoms with Crippen molar-refractivity contribution in [3.05, 3.63) is 93.4 Å². The predicted octanol–water partition coefficient (Wildman–Crippen LogP) is 4.60. The van der Waals surface area contributed by atoms with Gasteiger partial charge in [-0.1, -0.05) is 28.1 Å². The molecular weight excluding hydrogens is 406 g/mol. The fraction of sp³-hybridized carbons (Fsp3) is 0. The third-order valence-corrected chi connectivity index (χ3v) is 4.71. The number of carbonyl (C=O) groups is 1. The first kappa shape index (κ1) is 17.2. The van der Waals surface area contributed by atoms with Crippen molar-refractivity contribution in [2.75, 3.05) is 5.32 Å². The molecule has 0 unspecified atom stereocenters. The number of halogens is 1. The number of carbonyl (C=O) groups excluding carboxylic acids is 1. The summed E-state index contributed by atoms with van der Waals surface area (Å²) in [7, 11) is 0. The number of fused-ring (bicyclic) bond motifs is 1. The van der Waals surface area contributed by atoms with E-state index >= 15 is 0 Å². The van der Waals surface area contributed by atoms with E-state index in [9.17, 15) is 9.59 Å². The van der Waals surface area contributed by atoms with Gasteiger partial charge in [-0.3, -0.25) is 14.6 Å². The number of benzene rings is 2. The summed E-state index contributed by atoms with van der Waals surface area (Å²) in [5, 5.41) is 3.71. The van der Waals surface area contributed by atoms with Crippen LogP contribution >= 0.6 is 15.9 Å². The molecule has 0 aliphatic rings. The molecule has 0 fully saturated rings. The molecule has 1 amide bonds. The predicted molar refractivity (Wildman–Crippen MR) is 110 cm³/mol. The largest absolute Gasteiger partial charge is 0.322 e. The van der Waals surface area contributed by atoms with Gasteiger partial charge in [0, 0.05) is 39.1 Å². The molecular formula is C21H14BrN3O2. The molecule has 132 valence electrons. The summed E-state index contributed by atoms with van der Waals surface area (Å²) < 4.78 is 0.908. The van der Waals surface area contributed by atoms with E-state index in [1.54, 1.807) is 54.9 Å². The lowest BCUT2D eigenvalue weighted by molar-refractivity contribution is 0.102. The van der Waals surface area contributed by atoms with Crippen molar-refractivity contribution in [1.29, 1.82) is 0 Å². The van der Waals surface area contributed by atoms with Crippen LogP contribution in [0, 0.1) is 0 Å². The Hall–Kier alpha value is -3.25. The van der Waals surface area contributed by atoms with Gasteiger partial charge < -0.3 is 10.3 Å². The minimum atomic E-state index is -0.212. The Balaban J connectivity index is 1.66. The highest BCUT2D eigenvalue weighted by Gasteiger charge is 2.09. The number of nitrogens with one attached hydrogen (secondary N) is 2. The van der Waals surface area contributed by atoms with Gasteiger partial charge in [-0.25, -0.2) is 0 Å². The van der Waals surface area contributed by atoms with E-state index in [-0.39, 0.29) is 11.5 Å². The van der Waals surface area contributed by atoms with E-state index in [2.05, 4.69) is 31.2 Å². The molecule has 2 heterocycles. The molecule has 2 aromatic carbocycles. The molecule has 0 atom stereocenters. The first-order chi connectivity index (χ1) is 13.1. The van der Waals surface area contributed by atoms with Crippen LogP contribution in [0.3, 0.4) is 0 Å². The molecule has 2 aromatic heterocycles. The molecule has 2 N–H and O–H groups in total. The monoisotopic (exact) mass is 419 g/mol. The lowest BCUT2D eigenvalue weighted by Crippen LogP contribution is -2.12. The highest BCUT2D eigenvalue weighted by molar-refractivity contribution is 9.10. The van der Waals surface area contributed by atoms with E-state index in [0.29, 0.717) is 16.8 Å². The minimum absolute atomic E-state index is 0.190. The van der Waals surface area contributed by atoms with Crippen molar-refractivity contribution in [3.8, 4) is 11.1 Å². The number of aromatic amines is 1. The summed E-state index contributed by atoms with van der Waals surface area (Å²) in [5.41, 5.74) is 2.96.